The van der Waals surface area contributed by atoms with E-state index in [1.165, 1.54) is 12.1 Å². The number of likely N-dealkylation sites (tertiary alicyclic amines) is 1. The third-order valence-electron chi connectivity index (χ3n) is 5.07. The number of hydrogen-bond acceptors (Lipinski definition) is 4. The number of rotatable bonds is 4. The lowest BCUT2D eigenvalue weighted by molar-refractivity contribution is -0.131. The van der Waals surface area contributed by atoms with Gasteiger partial charge in [-0.3, -0.25) is 4.79 Å². The molecule has 0 radical (unpaired) electrons. The van der Waals surface area contributed by atoms with Gasteiger partial charge in [0.05, 0.1) is 6.54 Å². The van der Waals surface area contributed by atoms with Crippen molar-refractivity contribution in [2.24, 2.45) is 0 Å². The van der Waals surface area contributed by atoms with Gasteiger partial charge in [-0.05, 0) is 42.2 Å². The van der Waals surface area contributed by atoms with Gasteiger partial charge in [-0.1, -0.05) is 24.3 Å². The van der Waals surface area contributed by atoms with E-state index in [9.17, 15) is 14.3 Å². The van der Waals surface area contributed by atoms with Crippen LogP contribution in [0.25, 0.3) is 0 Å². The van der Waals surface area contributed by atoms with Crippen LogP contribution in [0.1, 0.15) is 24.0 Å². The second-order valence-electron chi connectivity index (χ2n) is 6.75. The first-order valence-corrected chi connectivity index (χ1v) is 8.69. The maximum atomic E-state index is 13.1. The fourth-order valence-electron chi connectivity index (χ4n) is 3.59. The predicted molar refractivity (Wildman–Crippen MR) is 92.4 cm³/mol. The van der Waals surface area contributed by atoms with Crippen molar-refractivity contribution in [3.63, 3.8) is 0 Å². The van der Waals surface area contributed by atoms with Gasteiger partial charge in [-0.15, -0.1) is 0 Å². The van der Waals surface area contributed by atoms with Gasteiger partial charge in [-0.25, -0.2) is 4.39 Å². The van der Waals surface area contributed by atoms with Crippen molar-refractivity contribution in [3.05, 3.63) is 59.4 Å². The monoisotopic (exact) mass is 357 g/mol. The lowest BCUT2D eigenvalue weighted by Gasteiger charge is -2.24. The second-order valence-corrected chi connectivity index (χ2v) is 6.75. The third-order valence-corrected chi connectivity index (χ3v) is 5.07. The van der Waals surface area contributed by atoms with Crippen LogP contribution >= 0.6 is 0 Å². The quantitative estimate of drug-likeness (QED) is 0.914. The molecule has 5 nitrogen and oxygen atoms in total. The number of carbonyl (C=O) groups is 1. The van der Waals surface area contributed by atoms with Gasteiger partial charge in [0.15, 0.2) is 11.5 Å². The van der Waals surface area contributed by atoms with Gasteiger partial charge in [0.2, 0.25) is 12.7 Å². The lowest BCUT2D eigenvalue weighted by atomic mass is 9.93. The Bertz CT molecular complexity index is 823. The standard InChI is InChI=1S/C20H20FNO4/c21-16-7-5-15(6-8-16)20(24)10-11-22(12-20)18(23)9-4-14-2-1-3-17-19(14)26-13-25-17/h1-3,5-8,24H,4,9-13H2. The van der Waals surface area contributed by atoms with E-state index in [2.05, 4.69) is 0 Å². The summed E-state index contributed by atoms with van der Waals surface area (Å²) in [4.78, 5) is 14.2. The summed E-state index contributed by atoms with van der Waals surface area (Å²) >= 11 is 0. The molecule has 4 rings (SSSR count). The number of nitrogens with zero attached hydrogens (tertiary/aromatic N) is 1. The largest absolute Gasteiger partial charge is 0.454 e. The molecule has 1 atom stereocenters. The van der Waals surface area contributed by atoms with Crippen molar-refractivity contribution in [2.75, 3.05) is 19.9 Å². The van der Waals surface area contributed by atoms with Crippen LogP contribution in [0.15, 0.2) is 42.5 Å². The molecule has 0 saturated carbocycles. The Labute approximate surface area is 151 Å². The van der Waals surface area contributed by atoms with E-state index in [0.717, 1.165) is 5.56 Å². The maximum Gasteiger partial charge on any atom is 0.231 e. The smallest absolute Gasteiger partial charge is 0.231 e. The van der Waals surface area contributed by atoms with E-state index in [4.69, 9.17) is 9.47 Å². The van der Waals surface area contributed by atoms with E-state index in [0.29, 0.717) is 42.9 Å². The van der Waals surface area contributed by atoms with Gasteiger partial charge in [0, 0.05) is 13.0 Å². The highest BCUT2D eigenvalue weighted by Crippen LogP contribution is 2.36. The minimum Gasteiger partial charge on any atom is -0.454 e. The first-order chi connectivity index (χ1) is 12.5. The molecule has 1 unspecified atom stereocenters. The van der Waals surface area contributed by atoms with Gasteiger partial charge in [0.25, 0.3) is 0 Å². The number of ether oxygens (including phenoxy) is 2. The zero-order chi connectivity index (χ0) is 18.1. The molecule has 1 saturated heterocycles. The third kappa shape index (κ3) is 3.12. The normalized spacial score (nSPS) is 21.2. The van der Waals surface area contributed by atoms with Crippen LogP contribution in [0.4, 0.5) is 4.39 Å². The summed E-state index contributed by atoms with van der Waals surface area (Å²) in [5, 5.41) is 10.8. The van der Waals surface area contributed by atoms with Crippen LogP contribution in [0.3, 0.4) is 0 Å². The Morgan fingerprint density at radius 3 is 2.81 bits per heavy atom. The molecule has 2 aliphatic rings. The number of benzene rings is 2. The van der Waals surface area contributed by atoms with Crippen LogP contribution in [-0.2, 0) is 16.8 Å². The summed E-state index contributed by atoms with van der Waals surface area (Å²) in [7, 11) is 0. The molecule has 0 aliphatic carbocycles. The van der Waals surface area contributed by atoms with Gasteiger partial charge in [-0.2, -0.15) is 0 Å². The Morgan fingerprint density at radius 2 is 2.00 bits per heavy atom. The van der Waals surface area contributed by atoms with Crippen molar-refractivity contribution in [2.45, 2.75) is 24.9 Å². The van der Waals surface area contributed by atoms with Gasteiger partial charge < -0.3 is 19.5 Å². The number of halogens is 1. The SMILES string of the molecule is O=C(CCc1cccc2c1OCO2)N1CCC(O)(c2ccc(F)cc2)C1. The Kier molecular flexibility index (Phi) is 4.28. The van der Waals surface area contributed by atoms with Crippen LogP contribution < -0.4 is 9.47 Å². The summed E-state index contributed by atoms with van der Waals surface area (Å²) in [6, 6.07) is 11.5. The van der Waals surface area contributed by atoms with Crippen molar-refractivity contribution in [1.29, 1.82) is 0 Å². The fraction of sp³-hybridized carbons (Fsp3) is 0.350. The van der Waals surface area contributed by atoms with Crippen LogP contribution in [-0.4, -0.2) is 35.8 Å². The summed E-state index contributed by atoms with van der Waals surface area (Å²) in [6.45, 7) is 0.917. The molecule has 2 aromatic rings. The number of carbonyl (C=O) groups excluding carboxylic acids is 1. The van der Waals surface area contributed by atoms with Crippen molar-refractivity contribution in [1.82, 2.24) is 4.90 Å². The number of hydrogen-bond donors (Lipinski definition) is 1. The van der Waals surface area contributed by atoms with Crippen LogP contribution in [0, 0.1) is 5.82 Å². The summed E-state index contributed by atoms with van der Waals surface area (Å²) in [5.74, 6) is 1.07. The highest BCUT2D eigenvalue weighted by atomic mass is 19.1. The minimum absolute atomic E-state index is 0.0143. The van der Waals surface area contributed by atoms with Gasteiger partial charge >= 0.3 is 0 Å². The molecule has 0 aromatic heterocycles. The topological polar surface area (TPSA) is 59.0 Å². The molecule has 2 heterocycles. The molecule has 0 spiro atoms. The van der Waals surface area contributed by atoms with E-state index in [1.54, 1.807) is 17.0 Å². The number of aryl methyl sites for hydroxylation is 1. The number of para-hydroxylation sites is 1. The highest BCUT2D eigenvalue weighted by molar-refractivity contribution is 5.77. The Morgan fingerprint density at radius 1 is 1.19 bits per heavy atom. The maximum absolute atomic E-state index is 13.1. The highest BCUT2D eigenvalue weighted by Gasteiger charge is 2.39. The average Bonchev–Trinajstić information content (AvgIpc) is 3.28. The second kappa shape index (κ2) is 6.61. The van der Waals surface area contributed by atoms with Crippen molar-refractivity contribution in [3.8, 4) is 11.5 Å². The number of aliphatic hydroxyl groups is 1. The molecule has 26 heavy (non-hydrogen) atoms. The number of β-amino-alcohol motifs (C(OH)–C–C–N with tert-alkyl or cyclic N) is 1. The minimum atomic E-state index is -1.12. The number of amides is 1. The van der Waals surface area contributed by atoms with E-state index in [1.807, 2.05) is 18.2 Å². The first-order valence-electron chi connectivity index (χ1n) is 8.69. The Hall–Kier alpha value is -2.60. The van der Waals surface area contributed by atoms with E-state index < -0.39 is 5.60 Å². The molecule has 2 aromatic carbocycles. The van der Waals surface area contributed by atoms with Crippen molar-refractivity contribution >= 4 is 5.91 Å². The lowest BCUT2D eigenvalue weighted by Crippen LogP contribution is -2.34. The molecule has 136 valence electrons. The zero-order valence-corrected chi connectivity index (χ0v) is 14.3. The van der Waals surface area contributed by atoms with E-state index in [-0.39, 0.29) is 25.1 Å². The molecular formula is C20H20FNO4. The predicted octanol–water partition coefficient (Wildman–Crippen LogP) is 2.61. The summed E-state index contributed by atoms with van der Waals surface area (Å²) in [6.07, 6.45) is 1.33. The summed E-state index contributed by atoms with van der Waals surface area (Å²) in [5.41, 5.74) is 0.468. The van der Waals surface area contributed by atoms with E-state index >= 15 is 0 Å². The molecule has 6 heteroatoms. The molecule has 0 bridgehead atoms. The fourth-order valence-corrected chi connectivity index (χ4v) is 3.59. The molecule has 2 aliphatic heterocycles. The van der Waals surface area contributed by atoms with Gasteiger partial charge in [0.1, 0.15) is 11.4 Å². The molecular weight excluding hydrogens is 337 g/mol. The first kappa shape index (κ1) is 16.8. The zero-order valence-electron chi connectivity index (χ0n) is 14.3. The van der Waals surface area contributed by atoms with Crippen LogP contribution in [0.5, 0.6) is 11.5 Å². The van der Waals surface area contributed by atoms with Crippen LogP contribution in [0.2, 0.25) is 0 Å². The Balaban J connectivity index is 1.39. The molecule has 1 fully saturated rings. The number of fused-ring (bicyclic) bond motifs is 1. The average molecular weight is 357 g/mol. The molecule has 1 N–H and O–H groups in total. The molecule has 1 amide bonds. The summed E-state index contributed by atoms with van der Waals surface area (Å²) < 4.78 is 23.9. The van der Waals surface area contributed by atoms with Crippen molar-refractivity contribution < 1.29 is 23.8 Å².